The standard InChI is InChI=1S/C14O8Si/c15-1-5-8(4-18)23(12(22)14(23)7(3-17)11(14)21)13(9(5)19)6(2-16)10(13)20. The summed E-state index contributed by atoms with van der Waals surface area (Å²) in [6, 6.07) is 0. The molecule has 4 rings (SSSR count). The van der Waals surface area contributed by atoms with Crippen LogP contribution in [0.25, 0.3) is 0 Å². The normalized spacial score (nSPS) is 39.0. The summed E-state index contributed by atoms with van der Waals surface area (Å²) in [5, 5.41) is -5.95. The molecule has 0 bridgehead atoms. The number of allylic oxidation sites excluding steroid dienone is 4. The summed E-state index contributed by atoms with van der Waals surface area (Å²) in [5.74, 6) is 1.82. The minimum Gasteiger partial charge on any atom is -0.304 e. The third kappa shape index (κ3) is 0.800. The van der Waals surface area contributed by atoms with E-state index in [1.807, 2.05) is 0 Å². The van der Waals surface area contributed by atoms with E-state index in [1.165, 1.54) is 23.8 Å². The van der Waals surface area contributed by atoms with E-state index in [2.05, 4.69) is 0 Å². The molecule has 23 heavy (non-hydrogen) atoms. The molecule has 3 spiro atoms. The van der Waals surface area contributed by atoms with Crippen LogP contribution in [-0.4, -0.2) is 54.6 Å². The van der Waals surface area contributed by atoms with Gasteiger partial charge in [-0.1, -0.05) is 0 Å². The zero-order valence-electron chi connectivity index (χ0n) is 10.8. The van der Waals surface area contributed by atoms with Gasteiger partial charge in [0, 0.05) is 0 Å². The molecule has 0 N–H and O–H groups in total. The number of hydrogen-bond donors (Lipinski definition) is 0. The number of ketones is 3. The molecule has 0 amide bonds. The number of fused-ring (bicyclic) bond motifs is 2. The van der Waals surface area contributed by atoms with Gasteiger partial charge in [-0.2, -0.15) is 0 Å². The Hall–Kier alpha value is -3.30. The van der Waals surface area contributed by atoms with E-state index < -0.39 is 62.8 Å². The quantitative estimate of drug-likeness (QED) is 0.204. The monoisotopic (exact) mass is 324 g/mol. The number of rotatable bonds is 0. The Bertz CT molecular complexity index is 1070. The molecule has 9 heteroatoms. The summed E-state index contributed by atoms with van der Waals surface area (Å²) in [5.41, 5.74) is -2.10. The molecule has 4 aliphatic rings. The molecule has 2 saturated heterocycles. The Morgan fingerprint density at radius 1 is 0.652 bits per heavy atom. The number of Topliss-reactive ketones (excluding diaryl/α,β-unsaturated/α-hetero) is 3. The molecule has 3 unspecified atom stereocenters. The fourth-order valence-electron chi connectivity index (χ4n) is 4.11. The fraction of sp³-hybridized carbons (Fsp3) is 0.143. The first-order valence-electron chi connectivity index (χ1n) is 6.13. The van der Waals surface area contributed by atoms with Crippen molar-refractivity contribution in [3.8, 4) is 0 Å². The minimum atomic E-state index is -4.29. The van der Waals surface area contributed by atoms with E-state index >= 15 is 0 Å². The average Bonchev–Trinajstić information content (AvgIpc) is 3.43. The van der Waals surface area contributed by atoms with Gasteiger partial charge in [-0.25, -0.2) is 19.2 Å². The molecule has 108 valence electrons. The number of carbonyl (C=O) groups excluding carboxylic acids is 8. The van der Waals surface area contributed by atoms with E-state index in [0.717, 1.165) is 0 Å². The van der Waals surface area contributed by atoms with Gasteiger partial charge < -0.3 is 4.79 Å². The molecule has 2 heterocycles. The molecule has 0 aromatic rings. The van der Waals surface area contributed by atoms with Gasteiger partial charge in [0.15, 0.2) is 17.3 Å². The summed E-state index contributed by atoms with van der Waals surface area (Å²) in [6.45, 7) is 0. The van der Waals surface area contributed by atoms with E-state index in [-0.39, 0.29) is 0 Å². The Morgan fingerprint density at radius 2 is 1.17 bits per heavy atom. The van der Waals surface area contributed by atoms with Crippen molar-refractivity contribution in [3.05, 3.63) is 21.9 Å². The lowest BCUT2D eigenvalue weighted by atomic mass is 10.1. The second-order valence-electron chi connectivity index (χ2n) is 5.47. The maximum absolute atomic E-state index is 12.5. The third-order valence-electron chi connectivity index (χ3n) is 5.10. The van der Waals surface area contributed by atoms with Crippen molar-refractivity contribution in [2.24, 2.45) is 0 Å². The minimum absolute atomic E-state index is 0.564. The SMILES string of the molecule is O=C=C1C(=O)C2(C(=O)C2=C=O)[Si]2(C(=O)C23C(=O)C3=C=O)C1=C=O. The smallest absolute Gasteiger partial charge is 0.235 e. The number of hydrogen-bond acceptors (Lipinski definition) is 8. The van der Waals surface area contributed by atoms with E-state index in [1.54, 1.807) is 0 Å². The first-order valence-corrected chi connectivity index (χ1v) is 8.13. The summed E-state index contributed by atoms with van der Waals surface area (Å²) in [7, 11) is -4.29. The van der Waals surface area contributed by atoms with Crippen molar-refractivity contribution in [3.63, 3.8) is 0 Å². The fourth-order valence-corrected chi connectivity index (χ4v) is 10.4. The summed E-state index contributed by atoms with van der Waals surface area (Å²) >= 11 is 0. The van der Waals surface area contributed by atoms with E-state index in [0.29, 0.717) is 0 Å². The highest BCUT2D eigenvalue weighted by Crippen LogP contribution is 2.90. The van der Waals surface area contributed by atoms with E-state index in [9.17, 15) is 38.4 Å². The van der Waals surface area contributed by atoms with Crippen LogP contribution in [-0.2, 0) is 38.4 Å². The molecule has 2 aliphatic heterocycles. The number of carbonyl (C=O) groups is 4. The Balaban J connectivity index is 2.20. The molecular formula is C14O8Si. The second-order valence-corrected chi connectivity index (χ2v) is 9.43. The largest absolute Gasteiger partial charge is 0.304 e. The van der Waals surface area contributed by atoms with Crippen molar-refractivity contribution >= 4 is 54.6 Å². The lowest BCUT2D eigenvalue weighted by molar-refractivity contribution is -0.119. The highest BCUT2D eigenvalue weighted by Gasteiger charge is 3.09. The van der Waals surface area contributed by atoms with Crippen molar-refractivity contribution in [1.29, 1.82) is 0 Å². The highest BCUT2D eigenvalue weighted by molar-refractivity contribution is 7.43. The van der Waals surface area contributed by atoms with Gasteiger partial charge in [0.25, 0.3) is 0 Å². The lowest BCUT2D eigenvalue weighted by Crippen LogP contribution is -2.31. The molecule has 0 aromatic heterocycles. The van der Waals surface area contributed by atoms with E-state index in [4.69, 9.17) is 0 Å². The predicted octanol–water partition coefficient (Wildman–Crippen LogP) is -2.64. The second kappa shape index (κ2) is 3.21. The van der Waals surface area contributed by atoms with Gasteiger partial charge >= 0.3 is 0 Å². The van der Waals surface area contributed by atoms with Crippen LogP contribution in [0.5, 0.6) is 0 Å². The maximum Gasteiger partial charge on any atom is 0.235 e. The maximum atomic E-state index is 12.5. The van der Waals surface area contributed by atoms with Crippen LogP contribution in [0.2, 0.25) is 10.1 Å². The van der Waals surface area contributed by atoms with Gasteiger partial charge in [0.2, 0.25) is 8.07 Å². The Kier molecular flexibility index (Phi) is 1.87. The van der Waals surface area contributed by atoms with Crippen LogP contribution in [0.15, 0.2) is 21.9 Å². The van der Waals surface area contributed by atoms with Crippen LogP contribution in [0, 0.1) is 0 Å². The molecule has 2 aliphatic carbocycles. The van der Waals surface area contributed by atoms with Gasteiger partial charge in [-0.15, -0.1) is 0 Å². The topological polar surface area (TPSA) is 137 Å². The average molecular weight is 324 g/mol. The molecule has 2 saturated carbocycles. The summed E-state index contributed by atoms with van der Waals surface area (Å²) < 4.78 is 0. The zero-order valence-corrected chi connectivity index (χ0v) is 11.8. The third-order valence-corrected chi connectivity index (χ3v) is 10.7. The Labute approximate surface area is 125 Å². The first kappa shape index (κ1) is 13.4. The van der Waals surface area contributed by atoms with Gasteiger partial charge in [-0.05, 0) is 0 Å². The van der Waals surface area contributed by atoms with Gasteiger partial charge in [0.05, 0.1) is 10.8 Å². The molecule has 0 aromatic carbocycles. The van der Waals surface area contributed by atoms with Crippen LogP contribution in [0.1, 0.15) is 0 Å². The van der Waals surface area contributed by atoms with Crippen molar-refractivity contribution in [2.45, 2.75) is 10.1 Å². The van der Waals surface area contributed by atoms with Gasteiger partial charge in [-0.3, -0.25) is 14.4 Å². The predicted molar refractivity (Wildman–Crippen MR) is 68.0 cm³/mol. The van der Waals surface area contributed by atoms with Gasteiger partial charge in [0.1, 0.15) is 50.4 Å². The van der Waals surface area contributed by atoms with Crippen molar-refractivity contribution < 1.29 is 38.4 Å². The molecule has 3 atom stereocenters. The van der Waals surface area contributed by atoms with Crippen molar-refractivity contribution in [2.75, 3.05) is 0 Å². The Morgan fingerprint density at radius 3 is 1.57 bits per heavy atom. The molecule has 4 fully saturated rings. The van der Waals surface area contributed by atoms with Crippen LogP contribution in [0.4, 0.5) is 0 Å². The van der Waals surface area contributed by atoms with Crippen LogP contribution >= 0.6 is 0 Å². The summed E-state index contributed by atoms with van der Waals surface area (Å²) in [4.78, 5) is 93.0. The molecule has 0 radical (unpaired) electrons. The molecular weight excluding hydrogens is 324 g/mol. The molecule has 8 nitrogen and oxygen atoms in total. The summed E-state index contributed by atoms with van der Waals surface area (Å²) in [6.07, 6.45) is 0. The van der Waals surface area contributed by atoms with Crippen LogP contribution in [0.3, 0.4) is 0 Å². The van der Waals surface area contributed by atoms with Crippen molar-refractivity contribution in [1.82, 2.24) is 0 Å². The lowest BCUT2D eigenvalue weighted by Gasteiger charge is -2.05. The highest BCUT2D eigenvalue weighted by atomic mass is 28.3. The first-order chi connectivity index (χ1) is 10.9. The van der Waals surface area contributed by atoms with Crippen LogP contribution < -0.4 is 0 Å². The zero-order chi connectivity index (χ0) is 16.9.